The minimum absolute atomic E-state index is 0.0740. The van der Waals surface area contributed by atoms with E-state index >= 15 is 0 Å². The number of hydrogen-bond donors (Lipinski definition) is 2. The molecule has 1 aliphatic rings. The highest BCUT2D eigenvalue weighted by Crippen LogP contribution is 2.30. The maximum Gasteiger partial charge on any atom is 0.272 e. The molecule has 3 heterocycles. The lowest BCUT2D eigenvalue weighted by molar-refractivity contribution is -0.00697. The average molecular weight is 316 g/mol. The molecule has 2 aromatic rings. The number of carbonyl (C=O) groups excluding carboxylic acids is 1. The van der Waals surface area contributed by atoms with Crippen molar-refractivity contribution in [3.05, 3.63) is 41.0 Å². The van der Waals surface area contributed by atoms with Crippen molar-refractivity contribution in [3.63, 3.8) is 0 Å². The number of rotatable bonds is 4. The molecule has 0 fully saturated rings. The normalized spacial score (nSPS) is 20.0. The van der Waals surface area contributed by atoms with Crippen LogP contribution >= 0.6 is 0 Å². The third kappa shape index (κ3) is 3.19. The van der Waals surface area contributed by atoms with Crippen LogP contribution in [0.4, 0.5) is 0 Å². The topological polar surface area (TPSA) is 89.1 Å². The van der Waals surface area contributed by atoms with Crippen molar-refractivity contribution in [2.24, 2.45) is 0 Å². The van der Waals surface area contributed by atoms with Crippen molar-refractivity contribution >= 4 is 5.91 Å². The Labute approximate surface area is 134 Å². The number of fused-ring (bicyclic) bond motifs is 1. The van der Waals surface area contributed by atoms with Gasteiger partial charge in [0.2, 0.25) is 0 Å². The molecule has 3 rings (SSSR count). The molecule has 2 N–H and O–H groups in total. The van der Waals surface area contributed by atoms with Crippen LogP contribution in [0.3, 0.4) is 0 Å². The van der Waals surface area contributed by atoms with Gasteiger partial charge in [-0.1, -0.05) is 0 Å². The Morgan fingerprint density at radius 1 is 1.48 bits per heavy atom. The molecule has 0 bridgehead atoms. The Kier molecular flexibility index (Phi) is 4.29. The largest absolute Gasteiger partial charge is 0.495 e. The van der Waals surface area contributed by atoms with E-state index in [9.17, 15) is 4.79 Å². The zero-order valence-electron chi connectivity index (χ0n) is 13.4. The molecule has 0 radical (unpaired) electrons. The number of pyridine rings is 1. The van der Waals surface area contributed by atoms with Crippen molar-refractivity contribution in [3.8, 4) is 5.75 Å². The fourth-order valence-electron chi connectivity index (χ4n) is 2.75. The van der Waals surface area contributed by atoms with Gasteiger partial charge in [0.15, 0.2) is 5.69 Å². The summed E-state index contributed by atoms with van der Waals surface area (Å²) in [7, 11) is 1.59. The molecule has 0 aliphatic carbocycles. The van der Waals surface area contributed by atoms with E-state index in [1.54, 1.807) is 13.3 Å². The number of H-pyrrole nitrogens is 1. The lowest BCUT2D eigenvalue weighted by atomic mass is 9.99. The number of nitrogens with zero attached hydrogens (tertiary/aromatic N) is 2. The molecule has 0 unspecified atom stereocenters. The minimum Gasteiger partial charge on any atom is -0.495 e. The fourth-order valence-corrected chi connectivity index (χ4v) is 2.75. The lowest BCUT2D eigenvalue weighted by Gasteiger charge is -2.25. The van der Waals surface area contributed by atoms with Crippen LogP contribution in [-0.2, 0) is 17.7 Å². The number of hydrogen-bond acceptors (Lipinski definition) is 5. The van der Waals surface area contributed by atoms with Gasteiger partial charge in [0.25, 0.3) is 5.91 Å². The molecule has 122 valence electrons. The van der Waals surface area contributed by atoms with Crippen LogP contribution in [0.1, 0.15) is 47.4 Å². The van der Waals surface area contributed by atoms with Crippen molar-refractivity contribution in [1.29, 1.82) is 0 Å². The molecule has 7 nitrogen and oxygen atoms in total. The van der Waals surface area contributed by atoms with Crippen LogP contribution in [-0.4, -0.2) is 34.3 Å². The van der Waals surface area contributed by atoms with E-state index in [1.807, 2.05) is 26.0 Å². The van der Waals surface area contributed by atoms with Gasteiger partial charge >= 0.3 is 0 Å². The second-order valence-electron chi connectivity index (χ2n) is 5.63. The van der Waals surface area contributed by atoms with E-state index in [2.05, 4.69) is 20.5 Å². The minimum atomic E-state index is -0.207. The van der Waals surface area contributed by atoms with Crippen LogP contribution in [0.25, 0.3) is 0 Å². The molecular formula is C16H20N4O3. The predicted octanol–water partition coefficient (Wildman–Crippen LogP) is 1.77. The highest BCUT2D eigenvalue weighted by molar-refractivity contribution is 5.94. The molecule has 1 aliphatic heterocycles. The molecule has 23 heavy (non-hydrogen) atoms. The zero-order chi connectivity index (χ0) is 16.4. The van der Waals surface area contributed by atoms with E-state index in [0.717, 1.165) is 17.0 Å². The van der Waals surface area contributed by atoms with Gasteiger partial charge in [-0.25, -0.2) is 0 Å². The van der Waals surface area contributed by atoms with Gasteiger partial charge in [-0.3, -0.25) is 14.9 Å². The van der Waals surface area contributed by atoms with Gasteiger partial charge < -0.3 is 14.8 Å². The van der Waals surface area contributed by atoms with Gasteiger partial charge in [0.05, 0.1) is 43.4 Å². The molecule has 2 atom stereocenters. The first-order chi connectivity index (χ1) is 11.1. The molecule has 2 aromatic heterocycles. The number of carbonyl (C=O) groups is 1. The van der Waals surface area contributed by atoms with E-state index < -0.39 is 0 Å². The quantitative estimate of drug-likeness (QED) is 0.897. The van der Waals surface area contributed by atoms with Gasteiger partial charge in [0, 0.05) is 12.0 Å². The number of amides is 1. The Balaban J connectivity index is 1.69. The first-order valence-corrected chi connectivity index (χ1v) is 7.58. The summed E-state index contributed by atoms with van der Waals surface area (Å²) in [6.45, 7) is 4.29. The summed E-state index contributed by atoms with van der Waals surface area (Å²) in [6, 6.07) is 3.63. The highest BCUT2D eigenvalue weighted by atomic mass is 16.5. The summed E-state index contributed by atoms with van der Waals surface area (Å²) in [5.41, 5.74) is 3.02. The van der Waals surface area contributed by atoms with Gasteiger partial charge in [-0.2, -0.15) is 5.10 Å². The predicted molar refractivity (Wildman–Crippen MR) is 83.2 cm³/mol. The Bertz CT molecular complexity index is 696. The zero-order valence-corrected chi connectivity index (χ0v) is 13.4. The summed E-state index contributed by atoms with van der Waals surface area (Å²) in [5, 5.41) is 9.94. The SMILES string of the molecule is COc1ccc(CNC(=O)c2n[nH]c3c2C[C@H](C)O[C@@H]3C)nc1. The molecule has 0 saturated heterocycles. The smallest absolute Gasteiger partial charge is 0.272 e. The van der Waals surface area contributed by atoms with Crippen LogP contribution in [0, 0.1) is 0 Å². The first-order valence-electron chi connectivity index (χ1n) is 7.58. The Morgan fingerprint density at radius 3 is 3.00 bits per heavy atom. The molecule has 1 amide bonds. The molecule has 7 heteroatoms. The summed E-state index contributed by atoms with van der Waals surface area (Å²) >= 11 is 0. The molecular weight excluding hydrogens is 296 g/mol. The molecule has 0 saturated carbocycles. The summed E-state index contributed by atoms with van der Waals surface area (Å²) < 4.78 is 10.8. The number of aromatic amines is 1. The standard InChI is InChI=1S/C16H20N4O3/c1-9-6-13-14(10(2)23-9)19-20-15(13)16(21)18-7-11-4-5-12(22-3)8-17-11/h4-5,8-10H,6-7H2,1-3H3,(H,18,21)(H,19,20)/t9-,10+/m0/s1. The molecule has 0 aromatic carbocycles. The summed E-state index contributed by atoms with van der Waals surface area (Å²) in [4.78, 5) is 16.6. The van der Waals surface area contributed by atoms with E-state index in [4.69, 9.17) is 9.47 Å². The molecule has 0 spiro atoms. The number of nitrogens with one attached hydrogen (secondary N) is 2. The van der Waals surface area contributed by atoms with Gasteiger partial charge in [0.1, 0.15) is 5.75 Å². The van der Waals surface area contributed by atoms with E-state index in [1.165, 1.54) is 0 Å². The summed E-state index contributed by atoms with van der Waals surface area (Å²) in [5.74, 6) is 0.478. The van der Waals surface area contributed by atoms with Crippen molar-refractivity contribution in [2.45, 2.75) is 39.0 Å². The lowest BCUT2D eigenvalue weighted by Crippen LogP contribution is -2.27. The van der Waals surface area contributed by atoms with Crippen LogP contribution in [0.5, 0.6) is 5.75 Å². The van der Waals surface area contributed by atoms with E-state index in [-0.39, 0.29) is 18.1 Å². The first kappa shape index (κ1) is 15.5. The van der Waals surface area contributed by atoms with Crippen molar-refractivity contribution in [2.75, 3.05) is 7.11 Å². The average Bonchev–Trinajstić information content (AvgIpc) is 2.97. The third-order valence-corrected chi connectivity index (χ3v) is 3.91. The van der Waals surface area contributed by atoms with Crippen LogP contribution in [0.15, 0.2) is 18.3 Å². The monoisotopic (exact) mass is 316 g/mol. The van der Waals surface area contributed by atoms with Crippen LogP contribution < -0.4 is 10.1 Å². The van der Waals surface area contributed by atoms with Crippen LogP contribution in [0.2, 0.25) is 0 Å². The van der Waals surface area contributed by atoms with Gasteiger partial charge in [-0.05, 0) is 26.0 Å². The highest BCUT2D eigenvalue weighted by Gasteiger charge is 2.29. The maximum absolute atomic E-state index is 12.4. The number of methoxy groups -OCH3 is 1. The van der Waals surface area contributed by atoms with E-state index in [0.29, 0.717) is 24.4 Å². The maximum atomic E-state index is 12.4. The number of ether oxygens (including phenoxy) is 2. The summed E-state index contributed by atoms with van der Waals surface area (Å²) in [6.07, 6.45) is 2.30. The van der Waals surface area contributed by atoms with Crippen molar-refractivity contribution < 1.29 is 14.3 Å². The van der Waals surface area contributed by atoms with Crippen molar-refractivity contribution in [1.82, 2.24) is 20.5 Å². The second-order valence-corrected chi connectivity index (χ2v) is 5.63. The second kappa shape index (κ2) is 6.37. The fraction of sp³-hybridized carbons (Fsp3) is 0.438. The third-order valence-electron chi connectivity index (χ3n) is 3.91. The van der Waals surface area contributed by atoms with Gasteiger partial charge in [-0.15, -0.1) is 0 Å². The number of aromatic nitrogens is 3. The Hall–Kier alpha value is -2.41. The Morgan fingerprint density at radius 2 is 2.30 bits per heavy atom.